The molecule has 3 aromatic carbocycles. The van der Waals surface area contributed by atoms with Gasteiger partial charge in [0.05, 0.1) is 12.5 Å². The predicted molar refractivity (Wildman–Crippen MR) is 161 cm³/mol. The van der Waals surface area contributed by atoms with Crippen molar-refractivity contribution in [3.8, 4) is 11.8 Å². The Hall–Kier alpha value is -4.64. The molecule has 42 heavy (non-hydrogen) atoms. The molecule has 5 rings (SSSR count). The van der Waals surface area contributed by atoms with Crippen molar-refractivity contribution in [2.75, 3.05) is 26.2 Å². The van der Waals surface area contributed by atoms with Crippen molar-refractivity contribution in [3.05, 3.63) is 131 Å². The number of ether oxygens (including phenoxy) is 1. The van der Waals surface area contributed by atoms with Crippen molar-refractivity contribution in [1.82, 2.24) is 9.80 Å². The molecule has 7 heteroatoms. The second-order valence-corrected chi connectivity index (χ2v) is 10.3. The van der Waals surface area contributed by atoms with Crippen molar-refractivity contribution in [3.63, 3.8) is 0 Å². The minimum Gasteiger partial charge on any atom is -0.460 e. The molecule has 1 saturated heterocycles. The Kier molecular flexibility index (Phi) is 9.84. The molecule has 0 bridgehead atoms. The SMILES string of the molecule is NC(=O)CCC(=O)OCc1ccc(C(C#Cc2ccccc2)N2CCN(C(c3ccccc3)c3ccccc3)CC2)o1. The lowest BCUT2D eigenvalue weighted by Gasteiger charge is -2.41. The van der Waals surface area contributed by atoms with Crippen LogP contribution in [0.2, 0.25) is 0 Å². The number of benzene rings is 3. The number of hydrogen-bond donors (Lipinski definition) is 1. The van der Waals surface area contributed by atoms with Crippen LogP contribution in [0.15, 0.2) is 108 Å². The van der Waals surface area contributed by atoms with E-state index in [9.17, 15) is 9.59 Å². The Labute approximate surface area is 246 Å². The highest BCUT2D eigenvalue weighted by Gasteiger charge is 2.30. The minimum atomic E-state index is -0.536. The summed E-state index contributed by atoms with van der Waals surface area (Å²) in [6.07, 6.45) is -0.0912. The van der Waals surface area contributed by atoms with Gasteiger partial charge in [0.15, 0.2) is 0 Å². The summed E-state index contributed by atoms with van der Waals surface area (Å²) in [5.41, 5.74) is 8.61. The highest BCUT2D eigenvalue weighted by atomic mass is 16.5. The molecule has 0 spiro atoms. The Bertz CT molecular complexity index is 1460. The zero-order valence-electron chi connectivity index (χ0n) is 23.5. The largest absolute Gasteiger partial charge is 0.460 e. The molecular weight excluding hydrogens is 526 g/mol. The average molecular weight is 562 g/mol. The van der Waals surface area contributed by atoms with Crippen LogP contribution in [-0.4, -0.2) is 47.9 Å². The molecule has 1 aliphatic heterocycles. The number of furan rings is 1. The molecule has 7 nitrogen and oxygen atoms in total. The van der Waals surface area contributed by atoms with Gasteiger partial charge in [0.25, 0.3) is 0 Å². The highest BCUT2D eigenvalue weighted by Crippen LogP contribution is 2.31. The third-order valence-electron chi connectivity index (χ3n) is 7.34. The van der Waals surface area contributed by atoms with Gasteiger partial charge >= 0.3 is 5.97 Å². The molecule has 0 saturated carbocycles. The minimum absolute atomic E-state index is 0.0139. The van der Waals surface area contributed by atoms with Crippen LogP contribution in [0.4, 0.5) is 0 Å². The molecule has 1 unspecified atom stereocenters. The quantitative estimate of drug-likeness (QED) is 0.214. The number of nitrogens with zero attached hydrogens (tertiary/aromatic N) is 2. The Morgan fingerprint density at radius 3 is 1.93 bits per heavy atom. The molecule has 1 amide bonds. The number of amides is 1. The molecule has 4 aromatic rings. The standard InChI is InChI=1S/C35H35N3O4/c36-33(39)20-21-34(40)41-26-30-17-19-32(42-30)31(18-16-27-10-4-1-5-11-27)37-22-24-38(25-23-37)35(28-12-6-2-7-13-28)29-14-8-3-9-15-29/h1-15,17,19,31,35H,20-26H2,(H2,36,39). The lowest BCUT2D eigenvalue weighted by Crippen LogP contribution is -2.48. The number of esters is 1. The average Bonchev–Trinajstić information content (AvgIpc) is 3.50. The third kappa shape index (κ3) is 7.76. The van der Waals surface area contributed by atoms with Crippen molar-refractivity contribution in [2.24, 2.45) is 5.73 Å². The fourth-order valence-electron chi connectivity index (χ4n) is 5.22. The first kappa shape index (κ1) is 28.9. The predicted octanol–water partition coefficient (Wildman–Crippen LogP) is 5.09. The van der Waals surface area contributed by atoms with Crippen LogP contribution < -0.4 is 5.73 Å². The molecule has 1 aromatic heterocycles. The summed E-state index contributed by atoms with van der Waals surface area (Å²) in [4.78, 5) is 27.8. The summed E-state index contributed by atoms with van der Waals surface area (Å²) >= 11 is 0. The van der Waals surface area contributed by atoms with Gasteiger partial charge in [-0.15, -0.1) is 0 Å². The maximum atomic E-state index is 12.0. The van der Waals surface area contributed by atoms with E-state index in [1.165, 1.54) is 11.1 Å². The van der Waals surface area contributed by atoms with Crippen molar-refractivity contribution >= 4 is 11.9 Å². The maximum absolute atomic E-state index is 12.0. The van der Waals surface area contributed by atoms with Crippen LogP contribution >= 0.6 is 0 Å². The van der Waals surface area contributed by atoms with Gasteiger partial charge in [0.1, 0.15) is 24.2 Å². The Morgan fingerprint density at radius 1 is 0.762 bits per heavy atom. The number of rotatable bonds is 10. The smallest absolute Gasteiger partial charge is 0.306 e. The molecule has 2 N–H and O–H groups in total. The van der Waals surface area contributed by atoms with E-state index in [4.69, 9.17) is 14.9 Å². The molecule has 1 aliphatic rings. The van der Waals surface area contributed by atoms with E-state index in [-0.39, 0.29) is 31.5 Å². The molecule has 0 aliphatic carbocycles. The van der Waals surface area contributed by atoms with E-state index in [0.29, 0.717) is 11.5 Å². The molecule has 0 radical (unpaired) electrons. The zero-order valence-corrected chi connectivity index (χ0v) is 23.5. The number of hydrogen-bond acceptors (Lipinski definition) is 6. The third-order valence-corrected chi connectivity index (χ3v) is 7.34. The van der Waals surface area contributed by atoms with Crippen LogP contribution in [0.5, 0.6) is 0 Å². The summed E-state index contributed by atoms with van der Waals surface area (Å²) in [5, 5.41) is 0. The summed E-state index contributed by atoms with van der Waals surface area (Å²) in [6, 6.07) is 34.8. The number of piperazine rings is 1. The van der Waals surface area contributed by atoms with Gasteiger partial charge in [-0.25, -0.2) is 0 Å². The first-order valence-corrected chi connectivity index (χ1v) is 14.2. The molecule has 214 valence electrons. The lowest BCUT2D eigenvalue weighted by molar-refractivity contribution is -0.146. The van der Waals surface area contributed by atoms with E-state index < -0.39 is 11.9 Å². The monoisotopic (exact) mass is 561 g/mol. The van der Waals surface area contributed by atoms with E-state index in [0.717, 1.165) is 31.7 Å². The van der Waals surface area contributed by atoms with Crippen molar-refractivity contribution in [2.45, 2.75) is 31.5 Å². The van der Waals surface area contributed by atoms with Gasteiger partial charge in [-0.05, 0) is 35.4 Å². The van der Waals surface area contributed by atoms with Crippen LogP contribution in [0.1, 0.15) is 53.1 Å². The lowest BCUT2D eigenvalue weighted by atomic mass is 9.96. The fraction of sp³-hybridized carbons (Fsp3) is 0.257. The normalized spacial score (nSPS) is 14.6. The number of primary amides is 1. The summed E-state index contributed by atoms with van der Waals surface area (Å²) in [6.45, 7) is 3.33. The maximum Gasteiger partial charge on any atom is 0.306 e. The number of nitrogens with two attached hydrogens (primary N) is 1. The van der Waals surface area contributed by atoms with E-state index >= 15 is 0 Å². The Balaban J connectivity index is 1.32. The van der Waals surface area contributed by atoms with Crippen molar-refractivity contribution in [1.29, 1.82) is 0 Å². The number of carbonyl (C=O) groups is 2. The van der Waals surface area contributed by atoms with Gasteiger partial charge < -0.3 is 14.9 Å². The van der Waals surface area contributed by atoms with E-state index in [2.05, 4.69) is 82.3 Å². The molecule has 2 heterocycles. The van der Waals surface area contributed by atoms with E-state index in [1.54, 1.807) is 0 Å². The van der Waals surface area contributed by atoms with Gasteiger partial charge in [-0.2, -0.15) is 0 Å². The van der Waals surface area contributed by atoms with Crippen LogP contribution in [0, 0.1) is 11.8 Å². The van der Waals surface area contributed by atoms with Gasteiger partial charge in [-0.3, -0.25) is 19.4 Å². The summed E-state index contributed by atoms with van der Waals surface area (Å²) in [5.74, 6) is 6.97. The number of carbonyl (C=O) groups excluding carboxylic acids is 2. The van der Waals surface area contributed by atoms with E-state index in [1.807, 2.05) is 42.5 Å². The van der Waals surface area contributed by atoms with Gasteiger partial charge in [-0.1, -0.05) is 90.7 Å². The first-order valence-electron chi connectivity index (χ1n) is 14.2. The second kappa shape index (κ2) is 14.3. The van der Waals surface area contributed by atoms with Crippen LogP contribution in [-0.2, 0) is 20.9 Å². The van der Waals surface area contributed by atoms with Crippen molar-refractivity contribution < 1.29 is 18.7 Å². The topological polar surface area (TPSA) is 89.0 Å². The zero-order chi connectivity index (χ0) is 29.1. The summed E-state index contributed by atoms with van der Waals surface area (Å²) in [7, 11) is 0. The van der Waals surface area contributed by atoms with Crippen LogP contribution in [0.3, 0.4) is 0 Å². The van der Waals surface area contributed by atoms with Gasteiger partial charge in [0.2, 0.25) is 5.91 Å². The molecule has 1 atom stereocenters. The fourth-order valence-corrected chi connectivity index (χ4v) is 5.22. The molecular formula is C35H35N3O4. The van der Waals surface area contributed by atoms with Crippen LogP contribution in [0.25, 0.3) is 0 Å². The highest BCUT2D eigenvalue weighted by molar-refractivity contribution is 5.79. The summed E-state index contributed by atoms with van der Waals surface area (Å²) < 4.78 is 11.4. The first-order chi connectivity index (χ1) is 20.6. The van der Waals surface area contributed by atoms with Gasteiger partial charge in [0, 0.05) is 38.2 Å². The molecule has 1 fully saturated rings. The Morgan fingerprint density at radius 2 is 1.33 bits per heavy atom. The second-order valence-electron chi connectivity index (χ2n) is 10.3.